The van der Waals surface area contributed by atoms with Gasteiger partial charge in [-0.2, -0.15) is 4.98 Å². The van der Waals surface area contributed by atoms with Crippen LogP contribution in [0.1, 0.15) is 36.3 Å². The standard InChI is InChI=1S/C12H20N4O3/c1-2-14-12(17)11-15-10(19-16-11)5-8-18-9-3-6-13-7-4-9/h9,13H,2-8H2,1H3,(H,14,17). The number of hydrogen-bond donors (Lipinski definition) is 2. The Hall–Kier alpha value is -1.47. The number of ether oxygens (including phenoxy) is 1. The van der Waals surface area contributed by atoms with Gasteiger partial charge in [0.1, 0.15) is 0 Å². The number of nitrogens with one attached hydrogen (secondary N) is 2. The van der Waals surface area contributed by atoms with Crippen molar-refractivity contribution in [2.24, 2.45) is 0 Å². The average Bonchev–Trinajstić information content (AvgIpc) is 2.89. The third-order valence-electron chi connectivity index (χ3n) is 2.96. The normalized spacial score (nSPS) is 16.5. The minimum atomic E-state index is -0.309. The molecule has 7 heteroatoms. The monoisotopic (exact) mass is 268 g/mol. The molecule has 0 spiro atoms. The summed E-state index contributed by atoms with van der Waals surface area (Å²) < 4.78 is 10.7. The fourth-order valence-corrected chi connectivity index (χ4v) is 1.96. The Labute approximate surface area is 112 Å². The highest BCUT2D eigenvalue weighted by Gasteiger charge is 2.15. The van der Waals surface area contributed by atoms with E-state index in [2.05, 4.69) is 20.8 Å². The molecule has 0 radical (unpaired) electrons. The van der Waals surface area contributed by atoms with E-state index >= 15 is 0 Å². The first kappa shape index (κ1) is 14.0. The summed E-state index contributed by atoms with van der Waals surface area (Å²) in [6.07, 6.45) is 2.92. The summed E-state index contributed by atoms with van der Waals surface area (Å²) in [5, 5.41) is 9.54. The largest absolute Gasteiger partial charge is 0.378 e. The van der Waals surface area contributed by atoms with Crippen LogP contribution in [-0.2, 0) is 11.2 Å². The molecular formula is C12H20N4O3. The molecule has 1 aliphatic heterocycles. The van der Waals surface area contributed by atoms with Crippen LogP contribution in [-0.4, -0.2) is 48.4 Å². The fraction of sp³-hybridized carbons (Fsp3) is 0.750. The van der Waals surface area contributed by atoms with Crippen LogP contribution in [0.4, 0.5) is 0 Å². The van der Waals surface area contributed by atoms with E-state index in [4.69, 9.17) is 9.26 Å². The maximum absolute atomic E-state index is 11.4. The lowest BCUT2D eigenvalue weighted by atomic mass is 10.1. The lowest BCUT2D eigenvalue weighted by Gasteiger charge is -2.22. The number of amides is 1. The Kier molecular flexibility index (Phi) is 5.29. The predicted molar refractivity (Wildman–Crippen MR) is 67.9 cm³/mol. The SMILES string of the molecule is CCNC(=O)c1noc(CCOC2CCNCC2)n1. The first-order chi connectivity index (χ1) is 9.29. The van der Waals surface area contributed by atoms with Gasteiger partial charge < -0.3 is 19.9 Å². The second-order valence-electron chi connectivity index (χ2n) is 4.44. The summed E-state index contributed by atoms with van der Waals surface area (Å²) in [4.78, 5) is 15.5. The van der Waals surface area contributed by atoms with Crippen LogP contribution < -0.4 is 10.6 Å². The third kappa shape index (κ3) is 4.29. The number of carbonyl (C=O) groups excluding carboxylic acids is 1. The summed E-state index contributed by atoms with van der Waals surface area (Å²) in [5.74, 6) is 0.214. The minimum Gasteiger partial charge on any atom is -0.378 e. The van der Waals surface area contributed by atoms with Gasteiger partial charge in [0.05, 0.1) is 19.1 Å². The van der Waals surface area contributed by atoms with E-state index < -0.39 is 0 Å². The van der Waals surface area contributed by atoms with Gasteiger partial charge >= 0.3 is 0 Å². The van der Waals surface area contributed by atoms with Crippen molar-refractivity contribution >= 4 is 5.91 Å². The molecule has 1 amide bonds. The number of nitrogens with zero attached hydrogens (tertiary/aromatic N) is 2. The molecule has 0 aliphatic carbocycles. The first-order valence-electron chi connectivity index (χ1n) is 6.72. The summed E-state index contributed by atoms with van der Waals surface area (Å²) in [7, 11) is 0. The Morgan fingerprint density at radius 3 is 3.05 bits per heavy atom. The molecule has 1 aliphatic rings. The van der Waals surface area contributed by atoms with Crippen molar-refractivity contribution in [3.8, 4) is 0 Å². The molecule has 1 aromatic rings. The van der Waals surface area contributed by atoms with E-state index in [-0.39, 0.29) is 11.7 Å². The van der Waals surface area contributed by atoms with Crippen molar-refractivity contribution in [1.82, 2.24) is 20.8 Å². The molecule has 0 unspecified atom stereocenters. The number of carbonyl (C=O) groups is 1. The second-order valence-corrected chi connectivity index (χ2v) is 4.44. The molecule has 2 N–H and O–H groups in total. The zero-order chi connectivity index (χ0) is 13.5. The number of hydrogen-bond acceptors (Lipinski definition) is 6. The molecule has 0 aromatic carbocycles. The van der Waals surface area contributed by atoms with Crippen LogP contribution in [0, 0.1) is 0 Å². The molecule has 106 valence electrons. The predicted octanol–water partition coefficient (Wildman–Crippen LogP) is 0.130. The van der Waals surface area contributed by atoms with Gasteiger partial charge in [-0.15, -0.1) is 0 Å². The van der Waals surface area contributed by atoms with Crippen molar-refractivity contribution < 1.29 is 14.1 Å². The average molecular weight is 268 g/mol. The lowest BCUT2D eigenvalue weighted by molar-refractivity contribution is 0.0322. The van der Waals surface area contributed by atoms with Crippen LogP contribution in [0.3, 0.4) is 0 Å². The molecule has 1 aromatic heterocycles. The van der Waals surface area contributed by atoms with Crippen molar-refractivity contribution in [1.29, 1.82) is 0 Å². The molecule has 1 saturated heterocycles. The smallest absolute Gasteiger partial charge is 0.292 e. The van der Waals surface area contributed by atoms with E-state index in [9.17, 15) is 4.79 Å². The number of piperidine rings is 1. The summed E-state index contributed by atoms with van der Waals surface area (Å²) in [5.41, 5.74) is 0. The third-order valence-corrected chi connectivity index (χ3v) is 2.96. The Balaban J connectivity index is 1.72. The first-order valence-corrected chi connectivity index (χ1v) is 6.72. The van der Waals surface area contributed by atoms with Gasteiger partial charge in [-0.25, -0.2) is 0 Å². The zero-order valence-electron chi connectivity index (χ0n) is 11.1. The van der Waals surface area contributed by atoms with Gasteiger partial charge in [0.2, 0.25) is 5.89 Å². The van der Waals surface area contributed by atoms with Gasteiger partial charge in [0.15, 0.2) is 0 Å². The molecule has 7 nitrogen and oxygen atoms in total. The van der Waals surface area contributed by atoms with Crippen molar-refractivity contribution in [2.75, 3.05) is 26.2 Å². The van der Waals surface area contributed by atoms with Crippen LogP contribution in [0.15, 0.2) is 4.52 Å². The van der Waals surface area contributed by atoms with E-state index in [0.29, 0.717) is 31.6 Å². The lowest BCUT2D eigenvalue weighted by Crippen LogP contribution is -2.32. The van der Waals surface area contributed by atoms with E-state index in [1.165, 1.54) is 0 Å². The topological polar surface area (TPSA) is 89.3 Å². The van der Waals surface area contributed by atoms with E-state index in [1.807, 2.05) is 6.92 Å². The van der Waals surface area contributed by atoms with E-state index in [0.717, 1.165) is 25.9 Å². The van der Waals surface area contributed by atoms with E-state index in [1.54, 1.807) is 0 Å². The van der Waals surface area contributed by atoms with Gasteiger partial charge in [0.25, 0.3) is 11.7 Å². The molecular weight excluding hydrogens is 248 g/mol. The second kappa shape index (κ2) is 7.20. The Morgan fingerprint density at radius 2 is 2.32 bits per heavy atom. The molecule has 1 fully saturated rings. The van der Waals surface area contributed by atoms with Gasteiger partial charge in [-0.1, -0.05) is 5.16 Å². The maximum Gasteiger partial charge on any atom is 0.292 e. The van der Waals surface area contributed by atoms with Gasteiger partial charge in [0, 0.05) is 6.54 Å². The minimum absolute atomic E-state index is 0.0821. The molecule has 19 heavy (non-hydrogen) atoms. The molecule has 2 heterocycles. The maximum atomic E-state index is 11.4. The molecule has 0 saturated carbocycles. The highest BCUT2D eigenvalue weighted by Crippen LogP contribution is 2.08. The van der Waals surface area contributed by atoms with Gasteiger partial charge in [-0.3, -0.25) is 4.79 Å². The quantitative estimate of drug-likeness (QED) is 0.762. The number of aromatic nitrogens is 2. The molecule has 0 atom stereocenters. The van der Waals surface area contributed by atoms with Crippen LogP contribution in [0.2, 0.25) is 0 Å². The van der Waals surface area contributed by atoms with Crippen LogP contribution in [0.5, 0.6) is 0 Å². The highest BCUT2D eigenvalue weighted by molar-refractivity contribution is 5.90. The van der Waals surface area contributed by atoms with Gasteiger partial charge in [-0.05, 0) is 32.9 Å². The van der Waals surface area contributed by atoms with Crippen molar-refractivity contribution in [2.45, 2.75) is 32.3 Å². The summed E-state index contributed by atoms with van der Waals surface area (Å²) in [6.45, 7) is 4.94. The highest BCUT2D eigenvalue weighted by atomic mass is 16.5. The number of rotatable bonds is 6. The van der Waals surface area contributed by atoms with Crippen LogP contribution >= 0.6 is 0 Å². The molecule has 2 rings (SSSR count). The summed E-state index contributed by atoms with van der Waals surface area (Å²) in [6, 6.07) is 0. The van der Waals surface area contributed by atoms with Crippen molar-refractivity contribution in [3.63, 3.8) is 0 Å². The zero-order valence-corrected chi connectivity index (χ0v) is 11.1. The van der Waals surface area contributed by atoms with Crippen molar-refractivity contribution in [3.05, 3.63) is 11.7 Å². The Morgan fingerprint density at radius 1 is 1.53 bits per heavy atom. The fourth-order valence-electron chi connectivity index (χ4n) is 1.96. The summed E-state index contributed by atoms with van der Waals surface area (Å²) >= 11 is 0. The van der Waals surface area contributed by atoms with Crippen LogP contribution in [0.25, 0.3) is 0 Å². The molecule has 0 bridgehead atoms. The Bertz CT molecular complexity index is 401.